The average molecular weight is 415 g/mol. The molecule has 1 aromatic rings. The van der Waals surface area contributed by atoms with E-state index in [1.54, 1.807) is 6.20 Å². The lowest BCUT2D eigenvalue weighted by molar-refractivity contribution is -0.192. The summed E-state index contributed by atoms with van der Waals surface area (Å²) >= 11 is 0. The Morgan fingerprint density at radius 1 is 1.28 bits per heavy atom. The molecule has 10 heteroatoms. The molecular weight excluding hydrogens is 391 g/mol. The minimum absolute atomic E-state index is 0.00208. The van der Waals surface area contributed by atoms with Crippen molar-refractivity contribution in [2.75, 3.05) is 19.6 Å². The second-order valence-electron chi connectivity index (χ2n) is 7.15. The van der Waals surface area contributed by atoms with Crippen LogP contribution in [0.2, 0.25) is 0 Å². The Kier molecular flexibility index (Phi) is 7.58. The van der Waals surface area contributed by atoms with Gasteiger partial charge in [0.2, 0.25) is 11.8 Å². The second-order valence-corrected chi connectivity index (χ2v) is 7.15. The maximum absolute atomic E-state index is 12.5. The van der Waals surface area contributed by atoms with Crippen LogP contribution in [0.4, 0.5) is 13.2 Å². The number of carboxylic acid groups (broad SMARTS) is 1. The van der Waals surface area contributed by atoms with Gasteiger partial charge in [-0.1, -0.05) is 19.4 Å². The topological polar surface area (TPSA) is 90.8 Å². The number of fused-ring (bicyclic) bond motifs is 1. The van der Waals surface area contributed by atoms with Crippen LogP contribution in [0.3, 0.4) is 0 Å². The van der Waals surface area contributed by atoms with Gasteiger partial charge in [0, 0.05) is 50.9 Å². The highest BCUT2D eigenvalue weighted by Crippen LogP contribution is 2.33. The van der Waals surface area contributed by atoms with Crippen molar-refractivity contribution in [1.82, 2.24) is 14.8 Å². The third kappa shape index (κ3) is 6.16. The van der Waals surface area contributed by atoms with E-state index in [9.17, 15) is 22.8 Å². The minimum Gasteiger partial charge on any atom is -0.475 e. The molecule has 2 aliphatic heterocycles. The SMILES string of the molecule is CCCCC(=O)N1C[C@H]2CN(Cc3cccnc3)C(=O)[C@H]2C1.O=C(O)C(F)(F)F. The number of pyridine rings is 1. The van der Waals surface area contributed by atoms with E-state index in [1.165, 1.54) is 0 Å². The Morgan fingerprint density at radius 2 is 1.97 bits per heavy atom. The molecule has 7 nitrogen and oxygen atoms in total. The quantitative estimate of drug-likeness (QED) is 0.797. The van der Waals surface area contributed by atoms with Crippen LogP contribution in [0.15, 0.2) is 24.5 Å². The first-order chi connectivity index (χ1) is 13.6. The van der Waals surface area contributed by atoms with Crippen LogP contribution in [0.1, 0.15) is 31.7 Å². The molecule has 2 aliphatic rings. The number of carboxylic acids is 1. The molecular formula is C19H24F3N3O4. The Morgan fingerprint density at radius 3 is 2.48 bits per heavy atom. The van der Waals surface area contributed by atoms with Crippen molar-refractivity contribution >= 4 is 17.8 Å². The van der Waals surface area contributed by atoms with Gasteiger partial charge in [-0.2, -0.15) is 13.2 Å². The number of unbranched alkanes of at least 4 members (excludes halogenated alkanes) is 1. The lowest BCUT2D eigenvalue weighted by Gasteiger charge is -2.22. The van der Waals surface area contributed by atoms with Crippen LogP contribution >= 0.6 is 0 Å². The zero-order chi connectivity index (χ0) is 21.6. The summed E-state index contributed by atoms with van der Waals surface area (Å²) in [6, 6.07) is 3.89. The molecule has 2 fully saturated rings. The summed E-state index contributed by atoms with van der Waals surface area (Å²) in [5.41, 5.74) is 1.06. The normalized spacial score (nSPS) is 20.9. The molecule has 3 rings (SSSR count). The third-order valence-electron chi connectivity index (χ3n) is 4.96. The van der Waals surface area contributed by atoms with E-state index in [0.29, 0.717) is 25.4 Å². The number of halogens is 3. The summed E-state index contributed by atoms with van der Waals surface area (Å²) in [7, 11) is 0. The summed E-state index contributed by atoms with van der Waals surface area (Å²) in [5.74, 6) is -2.05. The Hall–Kier alpha value is -2.65. The number of nitrogens with zero attached hydrogens (tertiary/aromatic N) is 3. The Bertz CT molecular complexity index is 727. The van der Waals surface area contributed by atoms with Crippen molar-refractivity contribution < 1.29 is 32.7 Å². The van der Waals surface area contributed by atoms with Gasteiger partial charge in [-0.25, -0.2) is 4.79 Å². The number of hydrogen-bond acceptors (Lipinski definition) is 4. The molecule has 0 bridgehead atoms. The van der Waals surface area contributed by atoms with Gasteiger partial charge in [-0.3, -0.25) is 14.6 Å². The average Bonchev–Trinajstić information content (AvgIpc) is 3.20. The lowest BCUT2D eigenvalue weighted by atomic mass is 10.0. The first-order valence-corrected chi connectivity index (χ1v) is 9.39. The summed E-state index contributed by atoms with van der Waals surface area (Å²) in [4.78, 5) is 41.5. The van der Waals surface area contributed by atoms with Gasteiger partial charge >= 0.3 is 12.1 Å². The zero-order valence-electron chi connectivity index (χ0n) is 16.1. The Balaban J connectivity index is 0.000000370. The standard InChI is InChI=1S/C17H23N3O2.C2HF3O2/c1-2-3-6-16(21)19-10-14-11-20(17(22)15(14)12-19)9-13-5-4-7-18-8-13;3-2(4,5)1(6)7/h4-5,7-8,14-15H,2-3,6,9-12H2,1H3;(H,6,7)/t14-,15-;/m0./s1. The molecule has 1 N–H and O–H groups in total. The van der Waals surface area contributed by atoms with E-state index in [1.807, 2.05) is 28.1 Å². The molecule has 0 aromatic carbocycles. The predicted molar refractivity (Wildman–Crippen MR) is 96.4 cm³/mol. The number of hydrogen-bond donors (Lipinski definition) is 1. The number of aliphatic carboxylic acids is 1. The monoisotopic (exact) mass is 415 g/mol. The third-order valence-corrected chi connectivity index (χ3v) is 4.96. The van der Waals surface area contributed by atoms with E-state index in [2.05, 4.69) is 11.9 Å². The van der Waals surface area contributed by atoms with E-state index < -0.39 is 12.1 Å². The highest BCUT2D eigenvalue weighted by molar-refractivity contribution is 5.84. The van der Waals surface area contributed by atoms with Crippen molar-refractivity contribution in [3.63, 3.8) is 0 Å². The molecule has 2 amide bonds. The molecule has 3 heterocycles. The summed E-state index contributed by atoms with van der Waals surface area (Å²) < 4.78 is 31.7. The molecule has 0 saturated carbocycles. The number of aromatic nitrogens is 1. The van der Waals surface area contributed by atoms with Crippen LogP contribution in [0.25, 0.3) is 0 Å². The predicted octanol–water partition coefficient (Wildman–Crippen LogP) is 2.32. The van der Waals surface area contributed by atoms with Gasteiger partial charge in [0.1, 0.15) is 0 Å². The van der Waals surface area contributed by atoms with Crippen molar-refractivity contribution in [3.05, 3.63) is 30.1 Å². The van der Waals surface area contributed by atoms with Gasteiger partial charge in [-0.05, 0) is 18.1 Å². The van der Waals surface area contributed by atoms with E-state index in [-0.39, 0.29) is 17.7 Å². The summed E-state index contributed by atoms with van der Waals surface area (Å²) in [5, 5.41) is 7.12. The van der Waals surface area contributed by atoms with Crippen molar-refractivity contribution in [2.24, 2.45) is 11.8 Å². The van der Waals surface area contributed by atoms with Crippen molar-refractivity contribution in [1.29, 1.82) is 0 Å². The summed E-state index contributed by atoms with van der Waals surface area (Å²) in [6.07, 6.45) is 1.05. The van der Waals surface area contributed by atoms with Gasteiger partial charge in [0.05, 0.1) is 5.92 Å². The van der Waals surface area contributed by atoms with Crippen molar-refractivity contribution in [2.45, 2.75) is 38.9 Å². The van der Waals surface area contributed by atoms with E-state index in [0.717, 1.165) is 31.5 Å². The highest BCUT2D eigenvalue weighted by Gasteiger charge is 2.47. The van der Waals surface area contributed by atoms with Gasteiger partial charge in [-0.15, -0.1) is 0 Å². The van der Waals surface area contributed by atoms with Crippen LogP contribution in [0, 0.1) is 11.8 Å². The number of carbonyl (C=O) groups is 3. The lowest BCUT2D eigenvalue weighted by Crippen LogP contribution is -2.35. The molecule has 0 spiro atoms. The maximum Gasteiger partial charge on any atom is 0.490 e. The molecule has 2 atom stereocenters. The molecule has 29 heavy (non-hydrogen) atoms. The van der Waals surface area contributed by atoms with E-state index in [4.69, 9.17) is 9.90 Å². The molecule has 2 saturated heterocycles. The molecule has 160 valence electrons. The summed E-state index contributed by atoms with van der Waals surface area (Å²) in [6.45, 7) is 4.82. The van der Waals surface area contributed by atoms with E-state index >= 15 is 0 Å². The van der Waals surface area contributed by atoms with Crippen molar-refractivity contribution in [3.8, 4) is 0 Å². The van der Waals surface area contributed by atoms with Crippen LogP contribution in [-0.4, -0.2) is 63.5 Å². The Labute approximate surface area is 166 Å². The van der Waals surface area contributed by atoms with Crippen LogP contribution < -0.4 is 0 Å². The smallest absolute Gasteiger partial charge is 0.475 e. The van der Waals surface area contributed by atoms with Crippen LogP contribution in [-0.2, 0) is 20.9 Å². The first-order valence-electron chi connectivity index (χ1n) is 9.39. The number of carbonyl (C=O) groups excluding carboxylic acids is 2. The fourth-order valence-electron chi connectivity index (χ4n) is 3.49. The fourth-order valence-corrected chi connectivity index (χ4v) is 3.49. The number of amides is 2. The first kappa shape index (κ1) is 22.6. The molecule has 0 aliphatic carbocycles. The fraction of sp³-hybridized carbons (Fsp3) is 0.579. The van der Waals surface area contributed by atoms with Gasteiger partial charge in [0.25, 0.3) is 0 Å². The highest BCUT2D eigenvalue weighted by atomic mass is 19.4. The number of alkyl halides is 3. The number of rotatable bonds is 5. The molecule has 0 radical (unpaired) electrons. The second kappa shape index (κ2) is 9.71. The van der Waals surface area contributed by atoms with Gasteiger partial charge in [0.15, 0.2) is 0 Å². The molecule has 1 aromatic heterocycles. The maximum atomic E-state index is 12.5. The zero-order valence-corrected chi connectivity index (χ0v) is 16.1. The number of likely N-dealkylation sites (tertiary alicyclic amines) is 2. The molecule has 0 unspecified atom stereocenters. The van der Waals surface area contributed by atoms with Crippen LogP contribution in [0.5, 0.6) is 0 Å². The largest absolute Gasteiger partial charge is 0.490 e. The minimum atomic E-state index is -5.08. The van der Waals surface area contributed by atoms with Gasteiger partial charge < -0.3 is 14.9 Å².